The monoisotopic (exact) mass is 412 g/mol. The highest BCUT2D eigenvalue weighted by Crippen LogP contribution is 2.21. The van der Waals surface area contributed by atoms with Crippen LogP contribution >= 0.6 is 0 Å². The van der Waals surface area contributed by atoms with Gasteiger partial charge in [-0.3, -0.25) is 20.4 Å². The van der Waals surface area contributed by atoms with Crippen LogP contribution < -0.4 is 26.2 Å². The molecule has 8 nitrogen and oxygen atoms in total. The van der Waals surface area contributed by atoms with Gasteiger partial charge in [-0.25, -0.2) is 4.79 Å². The summed E-state index contributed by atoms with van der Waals surface area (Å²) in [6.07, 6.45) is 0. The summed E-state index contributed by atoms with van der Waals surface area (Å²) in [6, 6.07) is 12.2. The average Bonchev–Trinajstić information content (AvgIpc) is 2.70. The van der Waals surface area contributed by atoms with Crippen molar-refractivity contribution >= 4 is 17.8 Å². The van der Waals surface area contributed by atoms with E-state index in [0.717, 1.165) is 16.7 Å². The molecule has 2 aromatic carbocycles. The number of ether oxygens (including phenoxy) is 1. The van der Waals surface area contributed by atoms with E-state index in [1.165, 1.54) is 0 Å². The van der Waals surface area contributed by atoms with E-state index in [4.69, 9.17) is 4.74 Å². The molecule has 4 N–H and O–H groups in total. The zero-order valence-corrected chi connectivity index (χ0v) is 17.7. The molecule has 0 atom stereocenters. The Morgan fingerprint density at radius 1 is 0.933 bits per heavy atom. The molecule has 2 aromatic rings. The zero-order valence-electron chi connectivity index (χ0n) is 17.7. The van der Waals surface area contributed by atoms with Crippen LogP contribution in [0.5, 0.6) is 5.75 Å². The Kier molecular flexibility index (Phi) is 8.22. The fourth-order valence-electron chi connectivity index (χ4n) is 2.67. The number of hydrazine groups is 1. The standard InChI is InChI=1S/C22H28N4O4/c1-14(2)24-22(29)23-12-17-8-10-18(11-9-17)21(28)26-25-19(27)13-30-20-15(3)6-5-7-16(20)4/h5-11,14H,12-13H2,1-4H3,(H,25,27)(H,26,28)(H2,23,24,29). The van der Waals surface area contributed by atoms with Crippen molar-refractivity contribution in [3.8, 4) is 5.75 Å². The molecule has 160 valence electrons. The molecule has 0 aliphatic heterocycles. The van der Waals surface area contributed by atoms with Crippen LogP contribution in [0.4, 0.5) is 4.79 Å². The predicted molar refractivity (Wildman–Crippen MR) is 114 cm³/mol. The van der Waals surface area contributed by atoms with Gasteiger partial charge in [0.05, 0.1) is 0 Å². The molecule has 0 bridgehead atoms. The molecular formula is C22H28N4O4. The third kappa shape index (κ3) is 7.12. The van der Waals surface area contributed by atoms with Crippen LogP contribution in [0.2, 0.25) is 0 Å². The van der Waals surface area contributed by atoms with Crippen molar-refractivity contribution in [2.45, 2.75) is 40.3 Å². The summed E-state index contributed by atoms with van der Waals surface area (Å²) in [5, 5.41) is 5.47. The number of para-hydroxylation sites is 1. The van der Waals surface area contributed by atoms with Crippen LogP contribution in [0.25, 0.3) is 0 Å². The van der Waals surface area contributed by atoms with E-state index in [-0.39, 0.29) is 18.7 Å². The zero-order chi connectivity index (χ0) is 22.1. The minimum atomic E-state index is -0.469. The first kappa shape index (κ1) is 22.7. The highest BCUT2D eigenvalue weighted by atomic mass is 16.5. The lowest BCUT2D eigenvalue weighted by atomic mass is 10.1. The van der Waals surface area contributed by atoms with Gasteiger partial charge >= 0.3 is 6.03 Å². The lowest BCUT2D eigenvalue weighted by molar-refractivity contribution is -0.123. The molecule has 0 aliphatic carbocycles. The lowest BCUT2D eigenvalue weighted by Gasteiger charge is -2.12. The van der Waals surface area contributed by atoms with Gasteiger partial charge < -0.3 is 15.4 Å². The second kappa shape index (κ2) is 10.8. The van der Waals surface area contributed by atoms with Gasteiger partial charge in [-0.1, -0.05) is 30.3 Å². The first-order chi connectivity index (χ1) is 14.3. The van der Waals surface area contributed by atoms with Gasteiger partial charge in [-0.05, 0) is 56.5 Å². The Hall–Kier alpha value is -3.55. The molecule has 8 heteroatoms. The number of urea groups is 1. The summed E-state index contributed by atoms with van der Waals surface area (Å²) >= 11 is 0. The van der Waals surface area contributed by atoms with E-state index in [0.29, 0.717) is 17.9 Å². The summed E-state index contributed by atoms with van der Waals surface area (Å²) in [5.74, 6) is -0.263. The molecule has 0 saturated carbocycles. The van der Waals surface area contributed by atoms with Gasteiger partial charge in [-0.15, -0.1) is 0 Å². The predicted octanol–water partition coefficient (Wildman–Crippen LogP) is 2.35. The number of rotatable bonds is 7. The number of aryl methyl sites for hydroxylation is 2. The molecule has 4 amide bonds. The third-order valence-electron chi connectivity index (χ3n) is 4.16. The fraction of sp³-hybridized carbons (Fsp3) is 0.318. The number of carbonyl (C=O) groups excluding carboxylic acids is 3. The maximum absolute atomic E-state index is 12.2. The number of hydrogen-bond donors (Lipinski definition) is 4. The maximum Gasteiger partial charge on any atom is 0.315 e. The summed E-state index contributed by atoms with van der Waals surface area (Å²) in [4.78, 5) is 35.7. The molecule has 0 spiro atoms. The second-order valence-corrected chi connectivity index (χ2v) is 7.19. The van der Waals surface area contributed by atoms with Crippen molar-refractivity contribution < 1.29 is 19.1 Å². The number of carbonyl (C=O) groups is 3. The lowest BCUT2D eigenvalue weighted by Crippen LogP contribution is -2.43. The van der Waals surface area contributed by atoms with Crippen LogP contribution in [-0.4, -0.2) is 30.5 Å². The quantitative estimate of drug-likeness (QED) is 0.524. The molecule has 0 aromatic heterocycles. The molecule has 2 rings (SSSR count). The molecule has 0 radical (unpaired) electrons. The van der Waals surface area contributed by atoms with Crippen molar-refractivity contribution in [2.24, 2.45) is 0 Å². The van der Waals surface area contributed by atoms with Gasteiger partial charge in [0.2, 0.25) is 0 Å². The second-order valence-electron chi connectivity index (χ2n) is 7.19. The summed E-state index contributed by atoms with van der Waals surface area (Å²) in [6.45, 7) is 7.68. The van der Waals surface area contributed by atoms with Crippen molar-refractivity contribution in [2.75, 3.05) is 6.61 Å². The smallest absolute Gasteiger partial charge is 0.315 e. The van der Waals surface area contributed by atoms with E-state index in [1.54, 1.807) is 24.3 Å². The Morgan fingerprint density at radius 3 is 2.17 bits per heavy atom. The molecule has 0 fully saturated rings. The van der Waals surface area contributed by atoms with Crippen LogP contribution in [0.1, 0.15) is 40.9 Å². The third-order valence-corrected chi connectivity index (χ3v) is 4.16. The highest BCUT2D eigenvalue weighted by molar-refractivity contribution is 5.95. The maximum atomic E-state index is 12.2. The fourth-order valence-corrected chi connectivity index (χ4v) is 2.67. The molecule has 0 unspecified atom stereocenters. The van der Waals surface area contributed by atoms with Crippen LogP contribution in [0, 0.1) is 13.8 Å². The average molecular weight is 412 g/mol. The topological polar surface area (TPSA) is 109 Å². The Balaban J connectivity index is 1.77. The summed E-state index contributed by atoms with van der Waals surface area (Å²) < 4.78 is 5.55. The van der Waals surface area contributed by atoms with Gasteiger partial charge in [0.15, 0.2) is 6.61 Å². The normalized spacial score (nSPS) is 10.3. The Labute approximate surface area is 176 Å². The van der Waals surface area contributed by atoms with Gasteiger partial charge in [0, 0.05) is 18.2 Å². The first-order valence-corrected chi connectivity index (χ1v) is 9.67. The van der Waals surface area contributed by atoms with E-state index in [2.05, 4.69) is 21.5 Å². The molecule has 0 saturated heterocycles. The van der Waals surface area contributed by atoms with Crippen molar-refractivity contribution in [1.82, 2.24) is 21.5 Å². The summed E-state index contributed by atoms with van der Waals surface area (Å²) in [5.41, 5.74) is 7.78. The SMILES string of the molecule is Cc1cccc(C)c1OCC(=O)NNC(=O)c1ccc(CNC(=O)NC(C)C)cc1. The van der Waals surface area contributed by atoms with Gasteiger partial charge in [0.1, 0.15) is 5.75 Å². The number of benzene rings is 2. The Morgan fingerprint density at radius 2 is 1.57 bits per heavy atom. The van der Waals surface area contributed by atoms with Crippen molar-refractivity contribution in [1.29, 1.82) is 0 Å². The largest absolute Gasteiger partial charge is 0.483 e. The molecule has 0 aliphatic rings. The first-order valence-electron chi connectivity index (χ1n) is 9.67. The number of amides is 4. The van der Waals surface area contributed by atoms with Crippen LogP contribution in [-0.2, 0) is 11.3 Å². The van der Waals surface area contributed by atoms with Crippen molar-refractivity contribution in [3.05, 3.63) is 64.7 Å². The Bertz CT molecular complexity index is 874. The van der Waals surface area contributed by atoms with Crippen molar-refractivity contribution in [3.63, 3.8) is 0 Å². The summed E-state index contributed by atoms with van der Waals surface area (Å²) in [7, 11) is 0. The molecule has 30 heavy (non-hydrogen) atoms. The van der Waals surface area contributed by atoms with E-state index < -0.39 is 11.8 Å². The van der Waals surface area contributed by atoms with Crippen LogP contribution in [0.3, 0.4) is 0 Å². The van der Waals surface area contributed by atoms with E-state index in [9.17, 15) is 14.4 Å². The van der Waals surface area contributed by atoms with E-state index in [1.807, 2.05) is 45.9 Å². The van der Waals surface area contributed by atoms with Gasteiger partial charge in [-0.2, -0.15) is 0 Å². The van der Waals surface area contributed by atoms with Gasteiger partial charge in [0.25, 0.3) is 11.8 Å². The highest BCUT2D eigenvalue weighted by Gasteiger charge is 2.10. The van der Waals surface area contributed by atoms with E-state index >= 15 is 0 Å². The van der Waals surface area contributed by atoms with Crippen LogP contribution in [0.15, 0.2) is 42.5 Å². The minimum Gasteiger partial charge on any atom is -0.483 e. The minimum absolute atomic E-state index is 0.0532. The molecule has 0 heterocycles. The number of hydrogen-bond acceptors (Lipinski definition) is 4. The number of nitrogens with one attached hydrogen (secondary N) is 4. The molecular weight excluding hydrogens is 384 g/mol.